The van der Waals surface area contributed by atoms with Crippen molar-refractivity contribution in [3.63, 3.8) is 0 Å². The molecular formula is C18H18N4O2. The molecule has 122 valence electrons. The van der Waals surface area contributed by atoms with Crippen molar-refractivity contribution in [2.45, 2.75) is 19.4 Å². The first-order valence-corrected chi connectivity index (χ1v) is 8.14. The predicted molar refractivity (Wildman–Crippen MR) is 88.4 cm³/mol. The molecular weight excluding hydrogens is 304 g/mol. The van der Waals surface area contributed by atoms with E-state index in [2.05, 4.69) is 10.1 Å². The number of amides is 1. The van der Waals surface area contributed by atoms with Gasteiger partial charge in [0.2, 0.25) is 0 Å². The van der Waals surface area contributed by atoms with Crippen molar-refractivity contribution in [1.29, 1.82) is 0 Å². The Hall–Kier alpha value is -2.89. The van der Waals surface area contributed by atoms with Crippen molar-refractivity contribution in [3.05, 3.63) is 60.2 Å². The molecule has 0 atom stereocenters. The first kappa shape index (κ1) is 14.7. The van der Waals surface area contributed by atoms with E-state index in [1.165, 1.54) is 0 Å². The van der Waals surface area contributed by atoms with Crippen LogP contribution in [-0.4, -0.2) is 38.6 Å². The molecule has 1 fully saturated rings. The van der Waals surface area contributed by atoms with Crippen LogP contribution in [0.3, 0.4) is 0 Å². The molecule has 0 bridgehead atoms. The second kappa shape index (κ2) is 6.31. The Morgan fingerprint density at radius 3 is 2.67 bits per heavy atom. The highest BCUT2D eigenvalue weighted by atomic mass is 16.5. The smallest absolute Gasteiger partial charge is 0.270 e. The van der Waals surface area contributed by atoms with E-state index in [9.17, 15) is 4.79 Å². The maximum atomic E-state index is 12.6. The van der Waals surface area contributed by atoms with Gasteiger partial charge < -0.3 is 14.0 Å². The first-order valence-electron chi connectivity index (χ1n) is 8.14. The third kappa shape index (κ3) is 2.82. The van der Waals surface area contributed by atoms with Crippen LogP contribution in [-0.2, 0) is 6.54 Å². The number of aromatic nitrogens is 3. The number of carbonyl (C=O) groups is 1. The van der Waals surface area contributed by atoms with Crippen LogP contribution in [0.5, 0.6) is 0 Å². The first-order chi connectivity index (χ1) is 11.8. The molecule has 1 amide bonds. The molecule has 0 N–H and O–H groups in total. The number of nitrogens with zero attached hydrogens (tertiary/aromatic N) is 4. The molecule has 0 saturated carbocycles. The number of benzene rings is 1. The molecule has 1 saturated heterocycles. The standard InChI is InChI=1S/C18H18N4O2/c23-18(21-10-4-5-11-21)15-9-6-12-22(15)13-16-19-17(24-20-16)14-7-2-1-3-8-14/h1-3,6-9,12H,4-5,10-11,13H2. The van der Waals surface area contributed by atoms with Crippen LogP contribution in [0, 0.1) is 0 Å². The summed E-state index contributed by atoms with van der Waals surface area (Å²) in [7, 11) is 0. The lowest BCUT2D eigenvalue weighted by Crippen LogP contribution is -2.29. The van der Waals surface area contributed by atoms with Crippen LogP contribution in [0.25, 0.3) is 11.5 Å². The third-order valence-corrected chi connectivity index (χ3v) is 4.24. The number of likely N-dealkylation sites (tertiary alicyclic amines) is 1. The van der Waals surface area contributed by atoms with E-state index in [0.29, 0.717) is 24.0 Å². The van der Waals surface area contributed by atoms with Gasteiger partial charge in [-0.1, -0.05) is 23.4 Å². The van der Waals surface area contributed by atoms with Crippen LogP contribution < -0.4 is 0 Å². The zero-order valence-electron chi connectivity index (χ0n) is 13.3. The normalized spacial score (nSPS) is 14.2. The van der Waals surface area contributed by atoms with Crippen molar-refractivity contribution in [2.24, 2.45) is 0 Å². The topological polar surface area (TPSA) is 64.2 Å². The summed E-state index contributed by atoms with van der Waals surface area (Å²) in [5.74, 6) is 1.12. The van der Waals surface area contributed by atoms with Crippen LogP contribution in [0.1, 0.15) is 29.2 Å². The van der Waals surface area contributed by atoms with Crippen molar-refractivity contribution in [2.75, 3.05) is 13.1 Å². The van der Waals surface area contributed by atoms with Crippen LogP contribution in [0.2, 0.25) is 0 Å². The Kier molecular flexibility index (Phi) is 3.86. The van der Waals surface area contributed by atoms with E-state index in [0.717, 1.165) is 31.5 Å². The number of hydrogen-bond acceptors (Lipinski definition) is 4. The van der Waals surface area contributed by atoms with Crippen molar-refractivity contribution in [1.82, 2.24) is 19.6 Å². The molecule has 0 radical (unpaired) electrons. The summed E-state index contributed by atoms with van der Waals surface area (Å²) in [4.78, 5) is 18.9. The second-order valence-corrected chi connectivity index (χ2v) is 5.90. The number of rotatable bonds is 4. The lowest BCUT2D eigenvalue weighted by atomic mass is 10.2. The Morgan fingerprint density at radius 2 is 1.88 bits per heavy atom. The molecule has 1 aliphatic rings. The molecule has 4 rings (SSSR count). The van der Waals surface area contributed by atoms with Gasteiger partial charge in [-0.05, 0) is 37.1 Å². The average Bonchev–Trinajstić information content (AvgIpc) is 3.37. The fourth-order valence-corrected chi connectivity index (χ4v) is 3.00. The Morgan fingerprint density at radius 1 is 1.08 bits per heavy atom. The largest absolute Gasteiger partial charge is 0.337 e. The van der Waals surface area contributed by atoms with E-state index < -0.39 is 0 Å². The Bertz CT molecular complexity index is 832. The van der Waals surface area contributed by atoms with E-state index in [-0.39, 0.29) is 5.91 Å². The minimum Gasteiger partial charge on any atom is -0.337 e. The second-order valence-electron chi connectivity index (χ2n) is 5.90. The third-order valence-electron chi connectivity index (χ3n) is 4.24. The van der Waals surface area contributed by atoms with Crippen LogP contribution in [0.15, 0.2) is 53.2 Å². The van der Waals surface area contributed by atoms with Crippen LogP contribution >= 0.6 is 0 Å². The Balaban J connectivity index is 1.53. The minimum absolute atomic E-state index is 0.0734. The highest BCUT2D eigenvalue weighted by Gasteiger charge is 2.22. The molecule has 24 heavy (non-hydrogen) atoms. The van der Waals surface area contributed by atoms with Gasteiger partial charge in [0.25, 0.3) is 11.8 Å². The van der Waals surface area contributed by atoms with Crippen molar-refractivity contribution < 1.29 is 9.32 Å². The summed E-state index contributed by atoms with van der Waals surface area (Å²) in [6.07, 6.45) is 4.04. The van der Waals surface area contributed by atoms with Gasteiger partial charge in [0, 0.05) is 24.8 Å². The molecule has 2 aromatic heterocycles. The molecule has 6 heteroatoms. The lowest BCUT2D eigenvalue weighted by Gasteiger charge is -2.16. The van der Waals surface area contributed by atoms with Gasteiger partial charge in [-0.15, -0.1) is 0 Å². The highest BCUT2D eigenvalue weighted by molar-refractivity contribution is 5.93. The van der Waals surface area contributed by atoms with E-state index in [1.54, 1.807) is 0 Å². The quantitative estimate of drug-likeness (QED) is 0.741. The Labute approximate surface area is 139 Å². The maximum absolute atomic E-state index is 12.6. The molecule has 0 aliphatic carbocycles. The molecule has 3 aromatic rings. The molecule has 0 spiro atoms. The van der Waals surface area contributed by atoms with Gasteiger partial charge in [0.1, 0.15) is 5.69 Å². The summed E-state index contributed by atoms with van der Waals surface area (Å²) >= 11 is 0. The average molecular weight is 322 g/mol. The summed E-state index contributed by atoms with van der Waals surface area (Å²) in [6, 6.07) is 13.4. The summed E-state index contributed by atoms with van der Waals surface area (Å²) in [5.41, 5.74) is 1.56. The molecule has 6 nitrogen and oxygen atoms in total. The highest BCUT2D eigenvalue weighted by Crippen LogP contribution is 2.18. The summed E-state index contributed by atoms with van der Waals surface area (Å²) < 4.78 is 7.21. The number of carbonyl (C=O) groups excluding carboxylic acids is 1. The van der Waals surface area contributed by atoms with Gasteiger partial charge in [0.05, 0.1) is 6.54 Å². The van der Waals surface area contributed by atoms with Gasteiger partial charge in [-0.25, -0.2) is 0 Å². The summed E-state index contributed by atoms with van der Waals surface area (Å²) in [5, 5.41) is 4.03. The van der Waals surface area contributed by atoms with E-state index in [4.69, 9.17) is 4.52 Å². The van der Waals surface area contributed by atoms with Gasteiger partial charge >= 0.3 is 0 Å². The molecule has 1 aliphatic heterocycles. The molecule has 0 unspecified atom stereocenters. The fourth-order valence-electron chi connectivity index (χ4n) is 3.00. The van der Waals surface area contributed by atoms with Gasteiger partial charge in [-0.2, -0.15) is 4.98 Å². The number of hydrogen-bond donors (Lipinski definition) is 0. The van der Waals surface area contributed by atoms with Crippen molar-refractivity contribution in [3.8, 4) is 11.5 Å². The maximum Gasteiger partial charge on any atom is 0.270 e. The summed E-state index contributed by atoms with van der Waals surface area (Å²) in [6.45, 7) is 2.09. The van der Waals surface area contributed by atoms with Crippen molar-refractivity contribution >= 4 is 5.91 Å². The minimum atomic E-state index is 0.0734. The van der Waals surface area contributed by atoms with Gasteiger partial charge in [0.15, 0.2) is 5.82 Å². The molecule has 1 aromatic carbocycles. The fraction of sp³-hybridized carbons (Fsp3) is 0.278. The van der Waals surface area contributed by atoms with Crippen LogP contribution in [0.4, 0.5) is 0 Å². The van der Waals surface area contributed by atoms with E-state index >= 15 is 0 Å². The zero-order valence-corrected chi connectivity index (χ0v) is 13.3. The lowest BCUT2D eigenvalue weighted by molar-refractivity contribution is 0.0782. The van der Waals surface area contributed by atoms with E-state index in [1.807, 2.05) is 58.1 Å². The monoisotopic (exact) mass is 322 g/mol. The molecule has 3 heterocycles. The predicted octanol–water partition coefficient (Wildman–Crippen LogP) is 2.82. The SMILES string of the molecule is O=C(c1cccn1Cc1noc(-c2ccccc2)n1)N1CCCC1. The van der Waals surface area contributed by atoms with Gasteiger partial charge in [-0.3, -0.25) is 4.79 Å². The zero-order chi connectivity index (χ0) is 16.4.